The second kappa shape index (κ2) is 8.46. The van der Waals surface area contributed by atoms with Crippen molar-refractivity contribution in [1.82, 2.24) is 0 Å². The van der Waals surface area contributed by atoms with Gasteiger partial charge in [0.05, 0.1) is 17.1 Å². The highest BCUT2D eigenvalue weighted by Crippen LogP contribution is 2.27. The molecule has 0 aliphatic rings. The molecule has 0 aliphatic heterocycles. The minimum Gasteiger partial charge on any atom is -0.325 e. The first-order chi connectivity index (χ1) is 12.9. The summed E-state index contributed by atoms with van der Waals surface area (Å²) in [5, 5.41) is 3.09. The molecule has 0 saturated heterocycles. The lowest BCUT2D eigenvalue weighted by molar-refractivity contribution is -0.115. The van der Waals surface area contributed by atoms with Crippen molar-refractivity contribution in [1.29, 1.82) is 0 Å². The molecule has 3 nitrogen and oxygen atoms in total. The van der Waals surface area contributed by atoms with E-state index in [4.69, 9.17) is 11.6 Å². The smallest absolute Gasteiger partial charge is 0.228 e. The Morgan fingerprint density at radius 2 is 1.67 bits per heavy atom. The highest BCUT2D eigenvalue weighted by molar-refractivity contribution is 9.10. The molecule has 1 N–H and O–H groups in total. The van der Waals surface area contributed by atoms with Crippen molar-refractivity contribution in [3.63, 3.8) is 0 Å². The predicted octanol–water partition coefficient (Wildman–Crippen LogP) is 5.65. The highest BCUT2D eigenvalue weighted by Gasteiger charge is 2.18. The third-order valence-electron chi connectivity index (χ3n) is 3.90. The second-order valence-electron chi connectivity index (χ2n) is 5.85. The van der Waals surface area contributed by atoms with E-state index >= 15 is 0 Å². The molecule has 27 heavy (non-hydrogen) atoms. The number of benzene rings is 3. The standard InChI is InChI=1S/C21H14BrClFNO2/c22-14-7-10-19(25-20(26)11-13-5-8-15(24)9-6-13)17(12-14)21(27)16-3-1-2-4-18(16)23/h1-10,12H,11H2,(H,25,26). The Hall–Kier alpha value is -2.50. The zero-order valence-corrected chi connectivity index (χ0v) is 16.4. The molecule has 0 heterocycles. The summed E-state index contributed by atoms with van der Waals surface area (Å²) in [5.74, 6) is -0.962. The van der Waals surface area contributed by atoms with Crippen LogP contribution in [0.3, 0.4) is 0 Å². The number of ketones is 1. The fourth-order valence-electron chi connectivity index (χ4n) is 2.59. The number of hydrogen-bond acceptors (Lipinski definition) is 2. The fourth-order valence-corrected chi connectivity index (χ4v) is 3.17. The molecule has 0 bridgehead atoms. The van der Waals surface area contributed by atoms with E-state index in [2.05, 4.69) is 21.2 Å². The van der Waals surface area contributed by atoms with Gasteiger partial charge in [0.15, 0.2) is 5.78 Å². The molecule has 3 aromatic carbocycles. The number of amides is 1. The van der Waals surface area contributed by atoms with Gasteiger partial charge in [0.2, 0.25) is 5.91 Å². The molecule has 6 heteroatoms. The first-order valence-electron chi connectivity index (χ1n) is 8.07. The predicted molar refractivity (Wildman–Crippen MR) is 108 cm³/mol. The second-order valence-corrected chi connectivity index (χ2v) is 7.17. The molecule has 0 fully saturated rings. The van der Waals surface area contributed by atoms with Gasteiger partial charge in [0.25, 0.3) is 0 Å². The van der Waals surface area contributed by atoms with Gasteiger partial charge in [0.1, 0.15) is 5.82 Å². The molecular weight excluding hydrogens is 433 g/mol. The van der Waals surface area contributed by atoms with Crippen LogP contribution >= 0.6 is 27.5 Å². The van der Waals surface area contributed by atoms with E-state index in [-0.39, 0.29) is 23.9 Å². The fraction of sp³-hybridized carbons (Fsp3) is 0.0476. The van der Waals surface area contributed by atoms with Crippen molar-refractivity contribution < 1.29 is 14.0 Å². The van der Waals surface area contributed by atoms with Gasteiger partial charge >= 0.3 is 0 Å². The van der Waals surface area contributed by atoms with E-state index < -0.39 is 0 Å². The van der Waals surface area contributed by atoms with Gasteiger partial charge in [-0.15, -0.1) is 0 Å². The minimum atomic E-state index is -0.361. The Bertz CT molecular complexity index is 1010. The van der Waals surface area contributed by atoms with Gasteiger partial charge in [-0.1, -0.05) is 51.8 Å². The van der Waals surface area contributed by atoms with E-state index in [9.17, 15) is 14.0 Å². The first-order valence-corrected chi connectivity index (χ1v) is 9.24. The lowest BCUT2D eigenvalue weighted by atomic mass is 10.0. The van der Waals surface area contributed by atoms with E-state index in [1.165, 1.54) is 12.1 Å². The Morgan fingerprint density at radius 1 is 0.963 bits per heavy atom. The lowest BCUT2D eigenvalue weighted by Crippen LogP contribution is -2.17. The normalized spacial score (nSPS) is 10.5. The Balaban J connectivity index is 1.86. The maximum Gasteiger partial charge on any atom is 0.228 e. The van der Waals surface area contributed by atoms with Crippen LogP contribution in [0.4, 0.5) is 10.1 Å². The van der Waals surface area contributed by atoms with Crippen molar-refractivity contribution in [3.8, 4) is 0 Å². The summed E-state index contributed by atoms with van der Waals surface area (Å²) < 4.78 is 13.7. The molecule has 0 unspecified atom stereocenters. The SMILES string of the molecule is O=C(Cc1ccc(F)cc1)Nc1ccc(Br)cc1C(=O)c1ccccc1Cl. The first kappa shape index (κ1) is 19.3. The van der Waals surface area contributed by atoms with Crippen LogP contribution in [0.15, 0.2) is 71.2 Å². The molecule has 0 radical (unpaired) electrons. The van der Waals surface area contributed by atoms with Gasteiger partial charge < -0.3 is 5.32 Å². The molecule has 0 spiro atoms. The Morgan fingerprint density at radius 3 is 2.37 bits per heavy atom. The zero-order valence-electron chi connectivity index (χ0n) is 14.0. The van der Waals surface area contributed by atoms with Crippen molar-refractivity contribution in [2.45, 2.75) is 6.42 Å². The number of nitrogens with one attached hydrogen (secondary N) is 1. The molecule has 0 atom stereocenters. The van der Waals surface area contributed by atoms with Crippen molar-refractivity contribution in [3.05, 3.63) is 98.7 Å². The van der Waals surface area contributed by atoms with Crippen LogP contribution in [0.1, 0.15) is 21.5 Å². The van der Waals surface area contributed by atoms with Crippen LogP contribution < -0.4 is 5.32 Å². The highest BCUT2D eigenvalue weighted by atomic mass is 79.9. The number of rotatable bonds is 5. The van der Waals surface area contributed by atoms with Crippen LogP contribution in [-0.2, 0) is 11.2 Å². The van der Waals surface area contributed by atoms with Crippen molar-refractivity contribution in [2.24, 2.45) is 0 Å². The third-order valence-corrected chi connectivity index (χ3v) is 4.72. The van der Waals surface area contributed by atoms with Crippen LogP contribution in [0.25, 0.3) is 0 Å². The van der Waals surface area contributed by atoms with Crippen LogP contribution in [0.2, 0.25) is 5.02 Å². The summed E-state index contributed by atoms with van der Waals surface area (Å²) in [6.07, 6.45) is 0.0655. The van der Waals surface area contributed by atoms with E-state index in [0.29, 0.717) is 31.9 Å². The molecule has 3 rings (SSSR count). The Kier molecular flexibility index (Phi) is 6.04. The summed E-state index contributed by atoms with van der Waals surface area (Å²) >= 11 is 9.49. The maximum absolute atomic E-state index is 13.0. The van der Waals surface area contributed by atoms with Crippen LogP contribution in [0, 0.1) is 5.82 Å². The quantitative estimate of drug-likeness (QED) is 0.515. The molecule has 136 valence electrons. The Labute approximate surface area is 169 Å². The summed E-state index contributed by atoms with van der Waals surface area (Å²) in [6.45, 7) is 0. The number of hydrogen-bond donors (Lipinski definition) is 1. The minimum absolute atomic E-state index is 0.0655. The van der Waals surface area contributed by atoms with Gasteiger partial charge in [-0.2, -0.15) is 0 Å². The van der Waals surface area contributed by atoms with Crippen LogP contribution in [0.5, 0.6) is 0 Å². The summed E-state index contributed by atoms with van der Waals surface area (Å²) in [7, 11) is 0. The van der Waals surface area contributed by atoms with Gasteiger partial charge in [0, 0.05) is 15.6 Å². The number of carbonyl (C=O) groups excluding carboxylic acids is 2. The van der Waals surface area contributed by atoms with Crippen LogP contribution in [-0.4, -0.2) is 11.7 Å². The van der Waals surface area contributed by atoms with E-state index in [0.717, 1.165) is 0 Å². The number of carbonyl (C=O) groups is 2. The topological polar surface area (TPSA) is 46.2 Å². The molecule has 1 amide bonds. The van der Waals surface area contributed by atoms with Crippen molar-refractivity contribution >= 4 is 44.9 Å². The average molecular weight is 447 g/mol. The summed E-state index contributed by atoms with van der Waals surface area (Å²) in [5.41, 5.74) is 1.73. The molecule has 0 aromatic heterocycles. The zero-order chi connectivity index (χ0) is 19.4. The third kappa shape index (κ3) is 4.81. The monoisotopic (exact) mass is 445 g/mol. The molecule has 0 saturated carbocycles. The largest absolute Gasteiger partial charge is 0.325 e. The van der Waals surface area contributed by atoms with Gasteiger partial charge in [-0.3, -0.25) is 9.59 Å². The molecular formula is C21H14BrClFNO2. The van der Waals surface area contributed by atoms with Gasteiger partial charge in [-0.25, -0.2) is 4.39 Å². The van der Waals surface area contributed by atoms with Gasteiger partial charge in [-0.05, 0) is 48.0 Å². The van der Waals surface area contributed by atoms with E-state index in [1.54, 1.807) is 54.6 Å². The molecule has 3 aromatic rings. The van der Waals surface area contributed by atoms with Crippen molar-refractivity contribution in [2.75, 3.05) is 5.32 Å². The van der Waals surface area contributed by atoms with E-state index in [1.807, 2.05) is 0 Å². The molecule has 0 aliphatic carbocycles. The summed E-state index contributed by atoms with van der Waals surface area (Å²) in [6, 6.07) is 17.5. The number of anilines is 1. The lowest BCUT2D eigenvalue weighted by Gasteiger charge is -2.12. The average Bonchev–Trinajstić information content (AvgIpc) is 2.65. The summed E-state index contributed by atoms with van der Waals surface area (Å²) in [4.78, 5) is 25.3. The maximum atomic E-state index is 13.0. The number of halogens is 3.